The standard InChI is InChI=1S/C23H33N5OS/c1-24-23(25-12-11-18-8-6-9-19(16-18)22(29)27(2)3)26-17-20(21-10-7-15-30-21)28-13-4-5-14-28/h6-10,15-16,20H,4-5,11-14,17H2,1-3H3,(H2,24,25,26). The number of likely N-dealkylation sites (tertiary alicyclic amines) is 1. The number of benzene rings is 1. The molecule has 0 aliphatic carbocycles. The van der Waals surface area contributed by atoms with Gasteiger partial charge >= 0.3 is 0 Å². The fourth-order valence-electron chi connectivity index (χ4n) is 3.80. The fraction of sp³-hybridized carbons (Fsp3) is 0.478. The lowest BCUT2D eigenvalue weighted by Crippen LogP contribution is -2.43. The van der Waals surface area contributed by atoms with Crippen molar-refractivity contribution in [2.45, 2.75) is 25.3 Å². The number of aliphatic imine (C=N–C) groups is 1. The minimum atomic E-state index is 0.0313. The second kappa shape index (κ2) is 11.1. The summed E-state index contributed by atoms with van der Waals surface area (Å²) in [4.78, 5) is 22.1. The zero-order chi connectivity index (χ0) is 21.3. The van der Waals surface area contributed by atoms with Gasteiger partial charge in [-0.25, -0.2) is 0 Å². The second-order valence-electron chi connectivity index (χ2n) is 7.80. The summed E-state index contributed by atoms with van der Waals surface area (Å²) < 4.78 is 0. The van der Waals surface area contributed by atoms with Gasteiger partial charge in [0.1, 0.15) is 0 Å². The van der Waals surface area contributed by atoms with Crippen LogP contribution < -0.4 is 10.6 Å². The van der Waals surface area contributed by atoms with Crippen molar-refractivity contribution in [3.8, 4) is 0 Å². The van der Waals surface area contributed by atoms with E-state index in [0.717, 1.165) is 49.7 Å². The normalized spacial score (nSPS) is 15.8. The monoisotopic (exact) mass is 427 g/mol. The number of hydrogen-bond donors (Lipinski definition) is 2. The van der Waals surface area contributed by atoms with Gasteiger partial charge in [0.25, 0.3) is 5.91 Å². The molecule has 1 unspecified atom stereocenters. The van der Waals surface area contributed by atoms with Crippen molar-refractivity contribution in [3.63, 3.8) is 0 Å². The van der Waals surface area contributed by atoms with Crippen molar-refractivity contribution in [1.29, 1.82) is 0 Å². The highest BCUT2D eigenvalue weighted by molar-refractivity contribution is 7.10. The molecule has 1 saturated heterocycles. The minimum Gasteiger partial charge on any atom is -0.356 e. The van der Waals surface area contributed by atoms with Crippen LogP contribution in [-0.2, 0) is 6.42 Å². The lowest BCUT2D eigenvalue weighted by atomic mass is 10.1. The van der Waals surface area contributed by atoms with Crippen LogP contribution in [0.2, 0.25) is 0 Å². The molecule has 6 nitrogen and oxygen atoms in total. The molecule has 0 saturated carbocycles. The first kappa shape index (κ1) is 22.3. The van der Waals surface area contributed by atoms with Gasteiger partial charge in [0.05, 0.1) is 6.04 Å². The van der Waals surface area contributed by atoms with Crippen molar-refractivity contribution in [2.24, 2.45) is 4.99 Å². The summed E-state index contributed by atoms with van der Waals surface area (Å²) in [6, 6.07) is 12.6. The van der Waals surface area contributed by atoms with Crippen LogP contribution in [0.3, 0.4) is 0 Å². The zero-order valence-electron chi connectivity index (χ0n) is 18.2. The van der Waals surface area contributed by atoms with E-state index >= 15 is 0 Å². The van der Waals surface area contributed by atoms with E-state index in [-0.39, 0.29) is 5.91 Å². The van der Waals surface area contributed by atoms with E-state index in [9.17, 15) is 4.79 Å². The third kappa shape index (κ3) is 6.06. The van der Waals surface area contributed by atoms with E-state index < -0.39 is 0 Å². The van der Waals surface area contributed by atoms with Gasteiger partial charge < -0.3 is 15.5 Å². The Balaban J connectivity index is 1.51. The summed E-state index contributed by atoms with van der Waals surface area (Å²) in [5.74, 6) is 0.847. The lowest BCUT2D eigenvalue weighted by Gasteiger charge is -2.27. The second-order valence-corrected chi connectivity index (χ2v) is 8.78. The Labute approximate surface area is 184 Å². The van der Waals surface area contributed by atoms with E-state index in [2.05, 4.69) is 44.1 Å². The van der Waals surface area contributed by atoms with Crippen molar-refractivity contribution < 1.29 is 4.79 Å². The number of nitrogens with zero attached hydrogens (tertiary/aromatic N) is 3. The van der Waals surface area contributed by atoms with Gasteiger partial charge in [-0.1, -0.05) is 18.2 Å². The predicted molar refractivity (Wildman–Crippen MR) is 125 cm³/mol. The van der Waals surface area contributed by atoms with Crippen molar-refractivity contribution in [2.75, 3.05) is 47.3 Å². The summed E-state index contributed by atoms with van der Waals surface area (Å²) in [6.45, 7) is 3.93. The molecule has 7 heteroatoms. The van der Waals surface area contributed by atoms with Gasteiger partial charge in [-0.3, -0.25) is 14.7 Å². The van der Waals surface area contributed by atoms with Crippen LogP contribution in [-0.4, -0.2) is 69.0 Å². The minimum absolute atomic E-state index is 0.0313. The molecule has 1 atom stereocenters. The van der Waals surface area contributed by atoms with Crippen LogP contribution in [0.1, 0.15) is 39.7 Å². The summed E-state index contributed by atoms with van der Waals surface area (Å²) in [5.41, 5.74) is 1.86. The Morgan fingerprint density at radius 2 is 2.00 bits per heavy atom. The molecular weight excluding hydrogens is 394 g/mol. The summed E-state index contributed by atoms with van der Waals surface area (Å²) in [7, 11) is 5.36. The van der Waals surface area contributed by atoms with Crippen LogP contribution in [0.25, 0.3) is 0 Å². The number of hydrogen-bond acceptors (Lipinski definition) is 4. The smallest absolute Gasteiger partial charge is 0.253 e. The number of nitrogens with one attached hydrogen (secondary N) is 2. The lowest BCUT2D eigenvalue weighted by molar-refractivity contribution is 0.0827. The maximum absolute atomic E-state index is 12.2. The Kier molecular flexibility index (Phi) is 8.28. The first-order valence-electron chi connectivity index (χ1n) is 10.6. The highest BCUT2D eigenvalue weighted by Gasteiger charge is 2.24. The summed E-state index contributed by atoms with van der Waals surface area (Å²) in [6.07, 6.45) is 3.39. The van der Waals surface area contributed by atoms with Crippen LogP contribution in [0.4, 0.5) is 0 Å². The molecule has 0 spiro atoms. The third-order valence-electron chi connectivity index (χ3n) is 5.43. The van der Waals surface area contributed by atoms with E-state index in [1.807, 2.05) is 36.6 Å². The molecular formula is C23H33N5OS. The van der Waals surface area contributed by atoms with Crippen LogP contribution in [0.15, 0.2) is 46.8 Å². The van der Waals surface area contributed by atoms with Gasteiger partial charge in [0.15, 0.2) is 5.96 Å². The molecule has 1 amide bonds. The van der Waals surface area contributed by atoms with Crippen molar-refractivity contribution >= 4 is 23.2 Å². The Bertz CT molecular complexity index is 828. The fourth-order valence-corrected chi connectivity index (χ4v) is 4.66. The van der Waals surface area contributed by atoms with Gasteiger partial charge in [0.2, 0.25) is 0 Å². The number of carbonyl (C=O) groups is 1. The summed E-state index contributed by atoms with van der Waals surface area (Å²) >= 11 is 1.82. The number of guanidine groups is 1. The maximum Gasteiger partial charge on any atom is 0.253 e. The number of amides is 1. The molecule has 1 aromatic carbocycles. The van der Waals surface area contributed by atoms with Gasteiger partial charge in [-0.05, 0) is 61.5 Å². The molecule has 30 heavy (non-hydrogen) atoms. The molecule has 1 aliphatic heterocycles. The third-order valence-corrected chi connectivity index (χ3v) is 6.40. The SMILES string of the molecule is CN=C(NCCc1cccc(C(=O)N(C)C)c1)NCC(c1cccs1)N1CCCC1. The van der Waals surface area contributed by atoms with Gasteiger partial charge in [-0.2, -0.15) is 0 Å². The maximum atomic E-state index is 12.2. The number of rotatable bonds is 8. The highest BCUT2D eigenvalue weighted by atomic mass is 32.1. The Morgan fingerprint density at radius 1 is 1.20 bits per heavy atom. The Morgan fingerprint density at radius 3 is 2.67 bits per heavy atom. The van der Waals surface area contributed by atoms with Crippen molar-refractivity contribution in [3.05, 3.63) is 57.8 Å². The molecule has 2 heterocycles. The largest absolute Gasteiger partial charge is 0.356 e. The average Bonchev–Trinajstić information content (AvgIpc) is 3.47. The molecule has 3 rings (SSSR count). The molecule has 1 aromatic heterocycles. The first-order chi connectivity index (χ1) is 14.6. The number of thiophene rings is 1. The summed E-state index contributed by atoms with van der Waals surface area (Å²) in [5, 5.41) is 9.07. The van der Waals surface area contributed by atoms with Gasteiger partial charge in [-0.15, -0.1) is 11.3 Å². The van der Waals surface area contributed by atoms with Gasteiger partial charge in [0, 0.05) is 44.7 Å². The van der Waals surface area contributed by atoms with Crippen LogP contribution in [0.5, 0.6) is 0 Å². The highest BCUT2D eigenvalue weighted by Crippen LogP contribution is 2.27. The van der Waals surface area contributed by atoms with Crippen LogP contribution in [0, 0.1) is 0 Å². The molecule has 0 radical (unpaired) electrons. The molecule has 1 aliphatic rings. The number of carbonyl (C=O) groups excluding carboxylic acids is 1. The molecule has 2 N–H and O–H groups in total. The van der Waals surface area contributed by atoms with E-state index in [1.54, 1.807) is 19.0 Å². The van der Waals surface area contributed by atoms with E-state index in [1.165, 1.54) is 17.7 Å². The zero-order valence-corrected chi connectivity index (χ0v) is 19.0. The molecule has 2 aromatic rings. The van der Waals surface area contributed by atoms with Crippen molar-refractivity contribution in [1.82, 2.24) is 20.4 Å². The molecule has 1 fully saturated rings. The average molecular weight is 428 g/mol. The molecule has 162 valence electrons. The topological polar surface area (TPSA) is 60.0 Å². The first-order valence-corrected chi connectivity index (χ1v) is 11.5. The van der Waals surface area contributed by atoms with E-state index in [0.29, 0.717) is 6.04 Å². The molecule has 0 bridgehead atoms. The van der Waals surface area contributed by atoms with E-state index in [4.69, 9.17) is 0 Å². The quantitative estimate of drug-likeness (QED) is 0.502. The van der Waals surface area contributed by atoms with Crippen LogP contribution >= 0.6 is 11.3 Å². The Hall–Kier alpha value is -2.38. The predicted octanol–water partition coefficient (Wildman–Crippen LogP) is 2.99.